The number of aliphatic carboxylic acids is 1. The van der Waals surface area contributed by atoms with E-state index in [0.717, 1.165) is 23.3 Å². The molecular formula is C29H30N4O5S. The maximum absolute atomic E-state index is 13.9. The molecule has 0 bridgehead atoms. The summed E-state index contributed by atoms with van der Waals surface area (Å²) in [6, 6.07) is 24.5. The Morgan fingerprint density at radius 2 is 1.77 bits per heavy atom. The zero-order valence-electron chi connectivity index (χ0n) is 21.4. The van der Waals surface area contributed by atoms with Crippen molar-refractivity contribution in [1.82, 2.24) is 9.97 Å². The Balaban J connectivity index is 1.70. The minimum atomic E-state index is -4.23. The third-order valence-corrected chi connectivity index (χ3v) is 8.16. The van der Waals surface area contributed by atoms with Gasteiger partial charge in [0, 0.05) is 12.6 Å². The van der Waals surface area contributed by atoms with E-state index in [1.54, 1.807) is 24.3 Å². The lowest BCUT2D eigenvalue weighted by Crippen LogP contribution is -2.47. The van der Waals surface area contributed by atoms with Crippen LogP contribution in [0.1, 0.15) is 24.6 Å². The molecule has 10 heteroatoms. The van der Waals surface area contributed by atoms with Crippen LogP contribution >= 0.6 is 0 Å². The number of nitrogens with two attached hydrogens (primary N) is 1. The van der Waals surface area contributed by atoms with Crippen molar-refractivity contribution in [2.24, 2.45) is 5.73 Å². The SMILES string of the molecule is CCCOc1cccc(-c2ccc(CC(N)(c3cccc(NCC(=O)O)n3)S(=O)(=O)c3ccccn3)cc2)c1. The van der Waals surface area contributed by atoms with Gasteiger partial charge in [-0.3, -0.25) is 4.79 Å². The summed E-state index contributed by atoms with van der Waals surface area (Å²) in [5.74, 6) is -0.102. The highest BCUT2D eigenvalue weighted by atomic mass is 32.2. The van der Waals surface area contributed by atoms with Crippen molar-refractivity contribution < 1.29 is 23.1 Å². The van der Waals surface area contributed by atoms with E-state index in [1.165, 1.54) is 18.3 Å². The number of benzene rings is 2. The predicted octanol–water partition coefficient (Wildman–Crippen LogP) is 4.26. The number of ether oxygens (including phenoxy) is 1. The second-order valence-electron chi connectivity index (χ2n) is 8.97. The maximum atomic E-state index is 13.9. The number of sulfone groups is 1. The molecule has 0 aliphatic carbocycles. The molecule has 202 valence electrons. The second-order valence-corrected chi connectivity index (χ2v) is 11.1. The number of anilines is 1. The summed E-state index contributed by atoms with van der Waals surface area (Å²) in [6.07, 6.45) is 2.20. The first-order chi connectivity index (χ1) is 18.7. The number of carboxylic acid groups (broad SMARTS) is 1. The molecule has 1 atom stereocenters. The van der Waals surface area contributed by atoms with E-state index < -0.39 is 20.7 Å². The Labute approximate surface area is 227 Å². The van der Waals surface area contributed by atoms with Gasteiger partial charge in [0.05, 0.1) is 12.3 Å². The van der Waals surface area contributed by atoms with Crippen molar-refractivity contribution in [3.8, 4) is 16.9 Å². The van der Waals surface area contributed by atoms with Gasteiger partial charge in [0.2, 0.25) is 9.84 Å². The molecule has 39 heavy (non-hydrogen) atoms. The molecule has 9 nitrogen and oxygen atoms in total. The fraction of sp³-hybridized carbons (Fsp3) is 0.207. The first kappa shape index (κ1) is 27.7. The molecule has 2 heterocycles. The number of hydrogen-bond acceptors (Lipinski definition) is 8. The summed E-state index contributed by atoms with van der Waals surface area (Å²) >= 11 is 0. The van der Waals surface area contributed by atoms with Gasteiger partial charge in [0.1, 0.15) is 18.1 Å². The van der Waals surface area contributed by atoms with Crippen molar-refractivity contribution in [3.05, 3.63) is 102 Å². The number of rotatable bonds is 12. The van der Waals surface area contributed by atoms with Gasteiger partial charge in [-0.2, -0.15) is 0 Å². The molecule has 2 aromatic heterocycles. The highest BCUT2D eigenvalue weighted by Crippen LogP contribution is 2.34. The average molecular weight is 547 g/mol. The van der Waals surface area contributed by atoms with Gasteiger partial charge in [-0.05, 0) is 59.5 Å². The van der Waals surface area contributed by atoms with Gasteiger partial charge in [-0.25, -0.2) is 18.4 Å². The number of nitrogens with zero attached hydrogens (tertiary/aromatic N) is 2. The van der Waals surface area contributed by atoms with E-state index in [-0.39, 0.29) is 29.5 Å². The van der Waals surface area contributed by atoms with Gasteiger partial charge >= 0.3 is 5.97 Å². The van der Waals surface area contributed by atoms with Crippen molar-refractivity contribution in [1.29, 1.82) is 0 Å². The number of carboxylic acids is 1. The fourth-order valence-corrected chi connectivity index (χ4v) is 5.63. The van der Waals surface area contributed by atoms with E-state index in [0.29, 0.717) is 12.2 Å². The van der Waals surface area contributed by atoms with E-state index in [2.05, 4.69) is 15.3 Å². The Hall–Kier alpha value is -4.28. The van der Waals surface area contributed by atoms with E-state index in [1.807, 2.05) is 55.5 Å². The molecule has 4 N–H and O–H groups in total. The maximum Gasteiger partial charge on any atom is 0.322 e. The Morgan fingerprint density at radius 1 is 1.00 bits per heavy atom. The molecule has 0 saturated carbocycles. The lowest BCUT2D eigenvalue weighted by Gasteiger charge is -2.29. The van der Waals surface area contributed by atoms with Crippen molar-refractivity contribution in [3.63, 3.8) is 0 Å². The second kappa shape index (κ2) is 12.1. The summed E-state index contributed by atoms with van der Waals surface area (Å²) in [4.78, 5) is 17.5. The number of pyridine rings is 2. The molecule has 4 rings (SSSR count). The van der Waals surface area contributed by atoms with Crippen LogP contribution in [0.3, 0.4) is 0 Å². The van der Waals surface area contributed by atoms with Crippen LogP contribution in [0.25, 0.3) is 11.1 Å². The number of aromatic nitrogens is 2. The topological polar surface area (TPSA) is 144 Å². The van der Waals surface area contributed by atoms with Gasteiger partial charge in [0.25, 0.3) is 0 Å². The quantitative estimate of drug-likeness (QED) is 0.237. The first-order valence-corrected chi connectivity index (χ1v) is 13.9. The Kier molecular flexibility index (Phi) is 8.58. The zero-order valence-corrected chi connectivity index (χ0v) is 22.3. The molecule has 4 aromatic rings. The third kappa shape index (κ3) is 6.42. The minimum absolute atomic E-state index is 0.0633. The Morgan fingerprint density at radius 3 is 2.46 bits per heavy atom. The molecule has 0 radical (unpaired) electrons. The summed E-state index contributed by atoms with van der Waals surface area (Å²) in [6.45, 7) is 2.30. The van der Waals surface area contributed by atoms with Crippen LogP contribution in [-0.4, -0.2) is 42.6 Å². The fourth-order valence-electron chi connectivity index (χ4n) is 4.05. The molecule has 0 saturated heterocycles. The summed E-state index contributed by atoms with van der Waals surface area (Å²) < 4.78 is 33.5. The standard InChI is InChI=1S/C29H30N4O5S/c1-2-17-38-24-8-5-7-23(18-24)22-14-12-21(13-15-22)19-29(30,39(36,37)27-11-3-4-16-31-27)25-9-6-10-26(33-25)32-20-28(34)35/h3-16,18H,2,17,19-20,30H2,1H3,(H,32,33)(H,34,35). The summed E-state index contributed by atoms with van der Waals surface area (Å²) in [5.41, 5.74) is 9.39. The zero-order chi connectivity index (χ0) is 27.9. The largest absolute Gasteiger partial charge is 0.494 e. The van der Waals surface area contributed by atoms with Crippen LogP contribution < -0.4 is 15.8 Å². The molecule has 1 unspecified atom stereocenters. The minimum Gasteiger partial charge on any atom is -0.494 e. The Bertz CT molecular complexity index is 1530. The molecule has 0 aliphatic rings. The van der Waals surface area contributed by atoms with Gasteiger partial charge in [-0.15, -0.1) is 0 Å². The molecule has 0 amide bonds. The van der Waals surface area contributed by atoms with E-state index >= 15 is 0 Å². The van der Waals surface area contributed by atoms with E-state index in [4.69, 9.17) is 15.6 Å². The van der Waals surface area contributed by atoms with Crippen molar-refractivity contribution in [2.45, 2.75) is 29.7 Å². The molecule has 0 spiro atoms. The number of nitrogens with one attached hydrogen (secondary N) is 1. The van der Waals surface area contributed by atoms with Crippen LogP contribution in [0.5, 0.6) is 5.75 Å². The van der Waals surface area contributed by atoms with Crippen LogP contribution in [0.15, 0.2) is 96.2 Å². The molecule has 2 aromatic carbocycles. The summed E-state index contributed by atoms with van der Waals surface area (Å²) in [7, 11) is -4.23. The molecule has 0 aliphatic heterocycles. The third-order valence-electron chi connectivity index (χ3n) is 6.06. The number of carbonyl (C=O) groups is 1. The summed E-state index contributed by atoms with van der Waals surface area (Å²) in [5, 5.41) is 11.5. The number of hydrogen-bond donors (Lipinski definition) is 3. The van der Waals surface area contributed by atoms with Crippen LogP contribution in [0, 0.1) is 0 Å². The first-order valence-electron chi connectivity index (χ1n) is 12.4. The lowest BCUT2D eigenvalue weighted by atomic mass is 9.99. The van der Waals surface area contributed by atoms with Gasteiger partial charge in [-0.1, -0.05) is 55.5 Å². The van der Waals surface area contributed by atoms with Crippen molar-refractivity contribution >= 4 is 21.6 Å². The normalized spacial score (nSPS) is 12.9. The van der Waals surface area contributed by atoms with Crippen LogP contribution in [0.4, 0.5) is 5.82 Å². The molecular weight excluding hydrogens is 516 g/mol. The van der Waals surface area contributed by atoms with Crippen LogP contribution in [-0.2, 0) is 25.9 Å². The predicted molar refractivity (Wildman–Crippen MR) is 149 cm³/mol. The van der Waals surface area contributed by atoms with E-state index in [9.17, 15) is 13.2 Å². The van der Waals surface area contributed by atoms with Crippen LogP contribution in [0.2, 0.25) is 0 Å². The van der Waals surface area contributed by atoms with Gasteiger partial charge < -0.3 is 20.9 Å². The van der Waals surface area contributed by atoms with Crippen molar-refractivity contribution in [2.75, 3.05) is 18.5 Å². The smallest absolute Gasteiger partial charge is 0.322 e. The van der Waals surface area contributed by atoms with Gasteiger partial charge in [0.15, 0.2) is 9.90 Å². The lowest BCUT2D eigenvalue weighted by molar-refractivity contribution is -0.134. The highest BCUT2D eigenvalue weighted by Gasteiger charge is 2.45. The highest BCUT2D eigenvalue weighted by molar-refractivity contribution is 7.92. The monoisotopic (exact) mass is 546 g/mol. The average Bonchev–Trinajstić information content (AvgIpc) is 2.96. The molecule has 0 fully saturated rings.